The Morgan fingerprint density at radius 1 is 0.833 bits per heavy atom. The number of alkyl halides is 3. The molecule has 0 spiro atoms. The Morgan fingerprint density at radius 2 is 1.54 bits per heavy atom. The van der Waals surface area contributed by atoms with Gasteiger partial charge in [-0.1, -0.05) is 13.8 Å². The largest absolute Gasteiger partial charge is 0.393 e. The Kier molecular flexibility index (Phi) is 3.50. The summed E-state index contributed by atoms with van der Waals surface area (Å²) < 4.78 is 45.8. The molecular weight excluding hydrogens is 317 g/mol. The maximum atomic E-state index is 15.8. The van der Waals surface area contributed by atoms with Crippen molar-refractivity contribution in [2.45, 2.75) is 89.0 Å². The number of hydrogen-bond acceptors (Lipinski definition) is 2. The zero-order chi connectivity index (χ0) is 17.5. The van der Waals surface area contributed by atoms with Crippen LogP contribution in [-0.4, -0.2) is 34.0 Å². The van der Waals surface area contributed by atoms with Crippen molar-refractivity contribution in [1.29, 1.82) is 0 Å². The molecule has 8 atom stereocenters. The van der Waals surface area contributed by atoms with Gasteiger partial charge in [0.05, 0.1) is 12.2 Å². The summed E-state index contributed by atoms with van der Waals surface area (Å²) in [5.74, 6) is -3.64. The molecule has 0 aromatic rings. The molecule has 138 valence electrons. The van der Waals surface area contributed by atoms with Crippen molar-refractivity contribution < 1.29 is 23.4 Å². The van der Waals surface area contributed by atoms with E-state index in [-0.39, 0.29) is 23.2 Å². The van der Waals surface area contributed by atoms with Crippen molar-refractivity contribution in [3.63, 3.8) is 0 Å². The normalized spacial score (nSPS) is 59.4. The van der Waals surface area contributed by atoms with Crippen molar-refractivity contribution in [3.8, 4) is 0 Å². The molecule has 24 heavy (non-hydrogen) atoms. The molecule has 4 fully saturated rings. The third-order valence-electron chi connectivity index (χ3n) is 8.70. The molecule has 0 heterocycles. The molecule has 0 aromatic carbocycles. The van der Waals surface area contributed by atoms with Crippen molar-refractivity contribution >= 4 is 0 Å². The van der Waals surface area contributed by atoms with E-state index in [0.717, 1.165) is 12.8 Å². The van der Waals surface area contributed by atoms with Crippen LogP contribution in [0.4, 0.5) is 13.2 Å². The van der Waals surface area contributed by atoms with E-state index in [2.05, 4.69) is 0 Å². The van der Waals surface area contributed by atoms with Crippen LogP contribution in [0.25, 0.3) is 0 Å². The molecule has 5 heteroatoms. The highest BCUT2D eigenvalue weighted by molar-refractivity contribution is 5.19. The smallest absolute Gasteiger partial charge is 0.282 e. The van der Waals surface area contributed by atoms with Gasteiger partial charge in [0, 0.05) is 18.3 Å². The molecule has 4 saturated carbocycles. The Hall–Kier alpha value is -0.290. The number of fused-ring (bicyclic) bond motifs is 5. The molecule has 0 bridgehead atoms. The van der Waals surface area contributed by atoms with Crippen LogP contribution in [0.2, 0.25) is 0 Å². The van der Waals surface area contributed by atoms with Gasteiger partial charge in [0.2, 0.25) is 0 Å². The highest BCUT2D eigenvalue weighted by atomic mass is 19.3. The van der Waals surface area contributed by atoms with Crippen molar-refractivity contribution in [2.75, 3.05) is 0 Å². The predicted molar refractivity (Wildman–Crippen MR) is 84.4 cm³/mol. The third-order valence-corrected chi connectivity index (χ3v) is 8.70. The number of aliphatic hydroxyl groups excluding tert-OH is 2. The third kappa shape index (κ3) is 1.86. The second kappa shape index (κ2) is 4.91. The van der Waals surface area contributed by atoms with Gasteiger partial charge in [0.1, 0.15) is 0 Å². The summed E-state index contributed by atoms with van der Waals surface area (Å²) in [5, 5.41) is 20.3. The average molecular weight is 346 g/mol. The van der Waals surface area contributed by atoms with Gasteiger partial charge in [-0.05, 0) is 61.7 Å². The first-order valence-electron chi connectivity index (χ1n) is 9.48. The summed E-state index contributed by atoms with van der Waals surface area (Å²) in [4.78, 5) is 0. The van der Waals surface area contributed by atoms with Gasteiger partial charge in [0.15, 0.2) is 5.67 Å². The first-order valence-corrected chi connectivity index (χ1v) is 9.48. The van der Waals surface area contributed by atoms with E-state index in [0.29, 0.717) is 25.7 Å². The van der Waals surface area contributed by atoms with Crippen LogP contribution in [-0.2, 0) is 0 Å². The Morgan fingerprint density at radius 3 is 2.25 bits per heavy atom. The summed E-state index contributed by atoms with van der Waals surface area (Å²) in [6.07, 6.45) is 1.43. The molecule has 8 unspecified atom stereocenters. The summed E-state index contributed by atoms with van der Waals surface area (Å²) in [5.41, 5.74) is -3.98. The van der Waals surface area contributed by atoms with Crippen LogP contribution in [0.1, 0.15) is 65.2 Å². The van der Waals surface area contributed by atoms with Crippen LogP contribution in [0.3, 0.4) is 0 Å². The first kappa shape index (κ1) is 17.1. The molecular formula is C19H29F3O2. The monoisotopic (exact) mass is 346 g/mol. The molecule has 0 aromatic heterocycles. The lowest BCUT2D eigenvalue weighted by Crippen LogP contribution is -2.69. The molecule has 4 rings (SSSR count). The summed E-state index contributed by atoms with van der Waals surface area (Å²) in [6.45, 7) is 3.74. The van der Waals surface area contributed by atoms with E-state index in [1.807, 2.05) is 6.92 Å². The van der Waals surface area contributed by atoms with Gasteiger partial charge < -0.3 is 10.2 Å². The second-order valence-electron chi connectivity index (χ2n) is 9.54. The van der Waals surface area contributed by atoms with E-state index in [4.69, 9.17) is 0 Å². The minimum absolute atomic E-state index is 0.0605. The van der Waals surface area contributed by atoms with Gasteiger partial charge in [-0.3, -0.25) is 0 Å². The first-order chi connectivity index (χ1) is 11.1. The van der Waals surface area contributed by atoms with Crippen LogP contribution >= 0.6 is 0 Å². The topological polar surface area (TPSA) is 40.5 Å². The highest BCUT2D eigenvalue weighted by Gasteiger charge is 2.75. The van der Waals surface area contributed by atoms with Gasteiger partial charge >= 0.3 is 0 Å². The minimum atomic E-state index is -3.41. The van der Waals surface area contributed by atoms with Crippen molar-refractivity contribution in [3.05, 3.63) is 0 Å². The zero-order valence-corrected chi connectivity index (χ0v) is 14.6. The molecule has 2 N–H and O–H groups in total. The van der Waals surface area contributed by atoms with Crippen molar-refractivity contribution in [2.24, 2.45) is 28.6 Å². The fraction of sp³-hybridized carbons (Fsp3) is 1.00. The molecule has 0 radical (unpaired) electrons. The van der Waals surface area contributed by atoms with E-state index in [1.54, 1.807) is 6.92 Å². The Balaban J connectivity index is 1.76. The van der Waals surface area contributed by atoms with Crippen LogP contribution in [0.15, 0.2) is 0 Å². The number of halogens is 3. The van der Waals surface area contributed by atoms with Crippen LogP contribution < -0.4 is 0 Å². The maximum Gasteiger partial charge on any atom is 0.282 e. The average Bonchev–Trinajstić information content (AvgIpc) is 2.79. The number of hydrogen-bond donors (Lipinski definition) is 2. The number of rotatable bonds is 0. The maximum absolute atomic E-state index is 15.8. The standard InChI is InChI=1S/C19H29F3O2/c1-16-7-6-14-12(13(16)3-4-15(16)24)10-19(21,22)18(20)9-11(23)5-8-17(14,18)2/h11-15,23-24H,3-10H2,1-2H3. The van der Waals surface area contributed by atoms with E-state index >= 15 is 13.2 Å². The molecule has 4 aliphatic carbocycles. The molecule has 0 saturated heterocycles. The number of aliphatic hydroxyl groups is 2. The minimum Gasteiger partial charge on any atom is -0.393 e. The van der Waals surface area contributed by atoms with Gasteiger partial charge in [0.25, 0.3) is 5.92 Å². The zero-order valence-electron chi connectivity index (χ0n) is 14.6. The second-order valence-corrected chi connectivity index (χ2v) is 9.54. The fourth-order valence-corrected chi connectivity index (χ4v) is 7.16. The lowest BCUT2D eigenvalue weighted by atomic mass is 9.43. The van der Waals surface area contributed by atoms with Crippen molar-refractivity contribution in [1.82, 2.24) is 0 Å². The van der Waals surface area contributed by atoms with Gasteiger partial charge in [-0.15, -0.1) is 0 Å². The van der Waals surface area contributed by atoms with Crippen LogP contribution in [0, 0.1) is 28.6 Å². The van der Waals surface area contributed by atoms with Gasteiger partial charge in [-0.2, -0.15) is 0 Å². The summed E-state index contributed by atoms with van der Waals surface area (Å²) in [6, 6.07) is 0. The molecule has 2 nitrogen and oxygen atoms in total. The summed E-state index contributed by atoms with van der Waals surface area (Å²) in [7, 11) is 0. The Labute approximate surface area is 141 Å². The van der Waals surface area contributed by atoms with E-state index in [1.165, 1.54) is 0 Å². The lowest BCUT2D eigenvalue weighted by Gasteiger charge is -2.64. The highest BCUT2D eigenvalue weighted by Crippen LogP contribution is 2.71. The lowest BCUT2D eigenvalue weighted by molar-refractivity contribution is -0.294. The predicted octanol–water partition coefficient (Wildman–Crippen LogP) is 4.09. The molecule has 0 amide bonds. The summed E-state index contributed by atoms with van der Waals surface area (Å²) >= 11 is 0. The molecule has 4 aliphatic rings. The molecule has 0 aliphatic heterocycles. The SMILES string of the molecule is CC12CCC3C(CC(F)(F)C4(F)CC(O)CCC34C)C1CCC2O. The van der Waals surface area contributed by atoms with Gasteiger partial charge in [-0.25, -0.2) is 13.2 Å². The fourth-order valence-electron chi connectivity index (χ4n) is 7.16. The van der Waals surface area contributed by atoms with Crippen LogP contribution in [0.5, 0.6) is 0 Å². The quantitative estimate of drug-likeness (QED) is 0.694. The van der Waals surface area contributed by atoms with E-state index < -0.39 is 42.1 Å². The Bertz CT molecular complexity index is 541. The van der Waals surface area contributed by atoms with E-state index in [9.17, 15) is 10.2 Å².